The lowest BCUT2D eigenvalue weighted by atomic mass is 9.43. The van der Waals surface area contributed by atoms with Crippen LogP contribution in [0.25, 0.3) is 0 Å². The molecule has 0 saturated heterocycles. The third kappa shape index (κ3) is 3.05. The number of aliphatic carboxylic acids is 1. The molecule has 4 fully saturated rings. The average Bonchev–Trinajstić information content (AvgIpc) is 3.00. The summed E-state index contributed by atoms with van der Waals surface area (Å²) < 4.78 is 0. The molecule has 0 amide bonds. The van der Waals surface area contributed by atoms with Crippen LogP contribution in [-0.4, -0.2) is 33.5 Å². The van der Waals surface area contributed by atoms with E-state index in [1.54, 1.807) is 0 Å². The molecular weight excluding hydrogens is 352 g/mol. The van der Waals surface area contributed by atoms with Gasteiger partial charge in [-0.2, -0.15) is 0 Å². The number of aliphatic hydroxyl groups excluding tert-OH is 2. The van der Waals surface area contributed by atoms with Crippen molar-refractivity contribution in [2.45, 2.75) is 97.2 Å². The summed E-state index contributed by atoms with van der Waals surface area (Å²) in [5, 5.41) is 30.8. The summed E-state index contributed by atoms with van der Waals surface area (Å²) in [5.41, 5.74) is 0.216. The van der Waals surface area contributed by atoms with E-state index in [2.05, 4.69) is 20.8 Å². The molecule has 0 aromatic carbocycles. The van der Waals surface area contributed by atoms with Crippen molar-refractivity contribution in [3.05, 3.63) is 0 Å². The van der Waals surface area contributed by atoms with Gasteiger partial charge < -0.3 is 15.3 Å². The summed E-state index contributed by atoms with van der Waals surface area (Å²) in [5.74, 6) is 2.55. The molecule has 0 aromatic rings. The van der Waals surface area contributed by atoms with E-state index in [1.165, 1.54) is 19.3 Å². The Bertz CT molecular complexity index is 605. The van der Waals surface area contributed by atoms with E-state index in [9.17, 15) is 15.0 Å². The first-order valence-corrected chi connectivity index (χ1v) is 11.8. The molecule has 28 heavy (non-hydrogen) atoms. The number of fused-ring (bicyclic) bond motifs is 5. The normalized spacial score (nSPS) is 51.7. The van der Waals surface area contributed by atoms with Gasteiger partial charge in [-0.25, -0.2) is 0 Å². The fourth-order valence-corrected chi connectivity index (χ4v) is 8.71. The van der Waals surface area contributed by atoms with Crippen LogP contribution in [0.15, 0.2) is 0 Å². The first-order valence-electron chi connectivity index (χ1n) is 11.8. The summed E-state index contributed by atoms with van der Waals surface area (Å²) in [6, 6.07) is 0. The molecule has 4 rings (SSSR count). The second kappa shape index (κ2) is 7.27. The third-order valence-corrected chi connectivity index (χ3v) is 10.3. The summed E-state index contributed by atoms with van der Waals surface area (Å²) in [6.45, 7) is 6.99. The van der Waals surface area contributed by atoms with E-state index in [4.69, 9.17) is 5.11 Å². The van der Waals surface area contributed by atoms with Crippen LogP contribution in [0.4, 0.5) is 0 Å². The molecule has 4 heteroatoms. The second-order valence-electron chi connectivity index (χ2n) is 11.3. The number of carboxylic acids is 1. The predicted molar refractivity (Wildman–Crippen MR) is 109 cm³/mol. The highest BCUT2D eigenvalue weighted by molar-refractivity contribution is 5.66. The van der Waals surface area contributed by atoms with Crippen LogP contribution < -0.4 is 0 Å². The quantitative estimate of drug-likeness (QED) is 0.659. The highest BCUT2D eigenvalue weighted by Gasteiger charge is 2.63. The summed E-state index contributed by atoms with van der Waals surface area (Å²) in [6.07, 6.45) is 9.26. The molecular formula is C24H40O4. The number of hydrogen-bond acceptors (Lipinski definition) is 3. The monoisotopic (exact) mass is 392 g/mol. The fraction of sp³-hybridized carbons (Fsp3) is 0.958. The zero-order valence-corrected chi connectivity index (χ0v) is 17.9. The highest BCUT2D eigenvalue weighted by Crippen LogP contribution is 2.68. The van der Waals surface area contributed by atoms with Crippen molar-refractivity contribution in [3.8, 4) is 0 Å². The minimum Gasteiger partial charge on any atom is -0.481 e. The van der Waals surface area contributed by atoms with Gasteiger partial charge in [0.2, 0.25) is 0 Å². The van der Waals surface area contributed by atoms with Crippen molar-refractivity contribution < 1.29 is 20.1 Å². The maximum absolute atomic E-state index is 11.5. The minimum atomic E-state index is -0.707. The Morgan fingerprint density at radius 2 is 1.79 bits per heavy atom. The van der Waals surface area contributed by atoms with Crippen molar-refractivity contribution in [3.63, 3.8) is 0 Å². The average molecular weight is 393 g/mol. The predicted octanol–water partition coefficient (Wildman–Crippen LogP) is 4.48. The largest absolute Gasteiger partial charge is 0.481 e. The van der Waals surface area contributed by atoms with Gasteiger partial charge in [0.25, 0.3) is 0 Å². The number of carbonyl (C=O) groups is 1. The van der Waals surface area contributed by atoms with Gasteiger partial charge in [0.15, 0.2) is 0 Å². The zero-order chi connectivity index (χ0) is 20.3. The van der Waals surface area contributed by atoms with Crippen molar-refractivity contribution >= 4 is 5.97 Å². The molecule has 0 aliphatic heterocycles. The van der Waals surface area contributed by atoms with Gasteiger partial charge in [-0.05, 0) is 104 Å². The smallest absolute Gasteiger partial charge is 0.303 e. The summed E-state index contributed by atoms with van der Waals surface area (Å²) in [4.78, 5) is 11.1. The number of hydrogen-bond donors (Lipinski definition) is 3. The van der Waals surface area contributed by atoms with E-state index in [0.717, 1.165) is 38.5 Å². The van der Waals surface area contributed by atoms with Crippen LogP contribution in [-0.2, 0) is 4.79 Å². The molecule has 4 aliphatic carbocycles. The maximum atomic E-state index is 11.5. The first-order chi connectivity index (χ1) is 13.2. The molecule has 1 unspecified atom stereocenters. The molecule has 0 radical (unpaired) electrons. The number of aliphatic hydroxyl groups is 2. The molecule has 4 saturated carbocycles. The van der Waals surface area contributed by atoms with Gasteiger partial charge >= 0.3 is 5.97 Å². The molecule has 3 N–H and O–H groups in total. The van der Waals surface area contributed by atoms with Gasteiger partial charge in [0, 0.05) is 6.42 Å². The molecule has 10 atom stereocenters. The first kappa shape index (κ1) is 20.7. The van der Waals surface area contributed by atoms with Crippen molar-refractivity contribution in [1.29, 1.82) is 0 Å². The van der Waals surface area contributed by atoms with Crippen LogP contribution in [0, 0.1) is 46.3 Å². The summed E-state index contributed by atoms with van der Waals surface area (Å²) >= 11 is 0. The Hall–Kier alpha value is -0.610. The maximum Gasteiger partial charge on any atom is 0.303 e. The van der Waals surface area contributed by atoms with E-state index in [-0.39, 0.29) is 29.5 Å². The Morgan fingerprint density at radius 1 is 1.04 bits per heavy atom. The molecule has 160 valence electrons. The van der Waals surface area contributed by atoms with E-state index in [1.807, 2.05) is 0 Å². The highest BCUT2D eigenvalue weighted by atomic mass is 16.4. The molecule has 0 heterocycles. The minimum absolute atomic E-state index is 0.0591. The van der Waals surface area contributed by atoms with Crippen LogP contribution in [0.5, 0.6) is 0 Å². The van der Waals surface area contributed by atoms with Crippen molar-refractivity contribution in [2.75, 3.05) is 0 Å². The molecule has 4 aliphatic rings. The van der Waals surface area contributed by atoms with Crippen LogP contribution >= 0.6 is 0 Å². The molecule has 0 bridgehead atoms. The van der Waals surface area contributed by atoms with E-state index in [0.29, 0.717) is 35.5 Å². The Kier molecular flexibility index (Phi) is 5.36. The SMILES string of the molecule is C[C@H](CCC(=O)O)[C@@H]1CC[C@H]2[C@@H]3CCC4C[C@H](O)CC[C@]4(C)[C@H]3C[C@H](O)[C@@]21C. The van der Waals surface area contributed by atoms with E-state index >= 15 is 0 Å². The second-order valence-corrected chi connectivity index (χ2v) is 11.3. The Balaban J connectivity index is 1.56. The lowest BCUT2D eigenvalue weighted by Crippen LogP contribution is -2.58. The number of rotatable bonds is 4. The number of carboxylic acid groups (broad SMARTS) is 1. The fourth-order valence-electron chi connectivity index (χ4n) is 8.71. The third-order valence-electron chi connectivity index (χ3n) is 10.3. The van der Waals surface area contributed by atoms with Crippen LogP contribution in [0.2, 0.25) is 0 Å². The van der Waals surface area contributed by atoms with Gasteiger partial charge in [0.1, 0.15) is 0 Å². The molecule has 0 spiro atoms. The Labute approximate surface area is 170 Å². The van der Waals surface area contributed by atoms with Gasteiger partial charge in [0.05, 0.1) is 12.2 Å². The lowest BCUT2D eigenvalue weighted by Gasteiger charge is -2.62. The van der Waals surface area contributed by atoms with Crippen molar-refractivity contribution in [1.82, 2.24) is 0 Å². The Morgan fingerprint density at radius 3 is 2.50 bits per heavy atom. The van der Waals surface area contributed by atoms with Crippen LogP contribution in [0.1, 0.15) is 85.0 Å². The standard InChI is InChI=1S/C24H40O4/c1-14(4-9-22(27)28)18-7-8-19-17-6-5-15-12-16(25)10-11-23(15,2)20(17)13-21(26)24(18,19)3/h14-21,25-26H,4-13H2,1-3H3,(H,27,28)/t14-,15?,16-,17+,18+,19+,20+,21+,23+,24-/m1/s1. The molecule has 0 aromatic heterocycles. The van der Waals surface area contributed by atoms with Crippen molar-refractivity contribution in [2.24, 2.45) is 46.3 Å². The molecule has 4 nitrogen and oxygen atoms in total. The van der Waals surface area contributed by atoms with Gasteiger partial charge in [-0.15, -0.1) is 0 Å². The van der Waals surface area contributed by atoms with Crippen LogP contribution in [0.3, 0.4) is 0 Å². The topological polar surface area (TPSA) is 77.8 Å². The lowest BCUT2D eigenvalue weighted by molar-refractivity contribution is -0.175. The van der Waals surface area contributed by atoms with Gasteiger partial charge in [-0.3, -0.25) is 4.79 Å². The van der Waals surface area contributed by atoms with E-state index < -0.39 is 5.97 Å². The zero-order valence-electron chi connectivity index (χ0n) is 17.9. The summed E-state index contributed by atoms with van der Waals surface area (Å²) in [7, 11) is 0. The van der Waals surface area contributed by atoms with Gasteiger partial charge in [-0.1, -0.05) is 20.8 Å².